The van der Waals surface area contributed by atoms with Crippen molar-refractivity contribution >= 4 is 21.8 Å². The lowest BCUT2D eigenvalue weighted by molar-refractivity contribution is -0.141. The highest BCUT2D eigenvalue weighted by molar-refractivity contribution is 9.10. The molecular formula is C18H21BrF3N3O. The lowest BCUT2D eigenvalue weighted by atomic mass is 10.1. The number of imidazole rings is 1. The first-order chi connectivity index (χ1) is 12.2. The minimum absolute atomic E-state index is 0.0641. The van der Waals surface area contributed by atoms with E-state index in [0.717, 1.165) is 28.3 Å². The van der Waals surface area contributed by atoms with Crippen molar-refractivity contribution in [2.45, 2.75) is 44.9 Å². The van der Waals surface area contributed by atoms with Crippen LogP contribution in [0.2, 0.25) is 0 Å². The smallest absolute Gasteiger partial charge is 0.338 e. The maximum atomic E-state index is 12.5. The Labute approximate surface area is 159 Å². The van der Waals surface area contributed by atoms with Gasteiger partial charge in [-0.3, -0.25) is 4.79 Å². The summed E-state index contributed by atoms with van der Waals surface area (Å²) in [6.45, 7) is -1.04. The van der Waals surface area contributed by atoms with Gasteiger partial charge in [0.15, 0.2) is 0 Å². The molecule has 1 aromatic heterocycles. The third kappa shape index (κ3) is 6.82. The average Bonchev–Trinajstić information content (AvgIpc) is 2.97. The molecule has 2 aromatic rings. The third-order valence-electron chi connectivity index (χ3n) is 3.98. The fourth-order valence-corrected chi connectivity index (χ4v) is 2.84. The standard InChI is InChI=1S/C18H21BrF3N3O/c1-24(12-16-23-10-11-25(16)13-18(20,21)22)17(26)5-3-2-4-14-6-8-15(19)9-7-14/h6-11H,2-5,12-13H2,1H3. The fraction of sp³-hybridized carbons (Fsp3) is 0.444. The molecule has 0 aliphatic rings. The van der Waals surface area contributed by atoms with Gasteiger partial charge in [-0.2, -0.15) is 13.2 Å². The number of aromatic nitrogens is 2. The minimum Gasteiger partial charge on any atom is -0.338 e. The highest BCUT2D eigenvalue weighted by atomic mass is 79.9. The van der Waals surface area contributed by atoms with E-state index in [1.165, 1.54) is 22.9 Å². The third-order valence-corrected chi connectivity index (χ3v) is 4.50. The number of rotatable bonds is 8. The van der Waals surface area contributed by atoms with Crippen molar-refractivity contribution in [1.82, 2.24) is 14.5 Å². The molecule has 0 aliphatic heterocycles. The molecular weight excluding hydrogens is 411 g/mol. The van der Waals surface area contributed by atoms with Crippen LogP contribution >= 0.6 is 15.9 Å². The molecule has 0 atom stereocenters. The number of carbonyl (C=O) groups is 1. The zero-order chi connectivity index (χ0) is 19.2. The summed E-state index contributed by atoms with van der Waals surface area (Å²) >= 11 is 3.39. The van der Waals surface area contributed by atoms with Crippen LogP contribution in [0.4, 0.5) is 13.2 Å². The van der Waals surface area contributed by atoms with Crippen molar-refractivity contribution in [2.24, 2.45) is 0 Å². The van der Waals surface area contributed by atoms with Gasteiger partial charge in [-0.1, -0.05) is 28.1 Å². The zero-order valence-electron chi connectivity index (χ0n) is 14.5. The Balaban J connectivity index is 1.75. The van der Waals surface area contributed by atoms with E-state index in [0.29, 0.717) is 6.42 Å². The fourth-order valence-electron chi connectivity index (χ4n) is 2.58. The summed E-state index contributed by atoms with van der Waals surface area (Å²) in [5.41, 5.74) is 1.21. The van der Waals surface area contributed by atoms with Gasteiger partial charge >= 0.3 is 6.18 Å². The Kier molecular flexibility index (Phi) is 7.25. The van der Waals surface area contributed by atoms with Gasteiger partial charge < -0.3 is 9.47 Å². The summed E-state index contributed by atoms with van der Waals surface area (Å²) in [6.07, 6.45) is 1.15. The molecule has 8 heteroatoms. The first-order valence-corrected chi connectivity index (χ1v) is 9.09. The molecule has 1 heterocycles. The average molecular weight is 432 g/mol. The number of nitrogens with zero attached hydrogens (tertiary/aromatic N) is 3. The largest absolute Gasteiger partial charge is 0.406 e. The number of carbonyl (C=O) groups excluding carboxylic acids is 1. The number of unbranched alkanes of at least 4 members (excludes halogenated alkanes) is 1. The predicted molar refractivity (Wildman–Crippen MR) is 96.5 cm³/mol. The van der Waals surface area contributed by atoms with Gasteiger partial charge in [0.05, 0.1) is 6.54 Å². The topological polar surface area (TPSA) is 38.1 Å². The summed E-state index contributed by atoms with van der Waals surface area (Å²) in [5.74, 6) is 0.135. The first kappa shape index (κ1) is 20.5. The Morgan fingerprint density at radius 2 is 1.92 bits per heavy atom. The van der Waals surface area contributed by atoms with Crippen LogP contribution in [0.25, 0.3) is 0 Å². The molecule has 1 aromatic carbocycles. The van der Waals surface area contributed by atoms with Crippen LogP contribution in [0, 0.1) is 0 Å². The van der Waals surface area contributed by atoms with Crippen molar-refractivity contribution in [1.29, 1.82) is 0 Å². The number of halogens is 4. The predicted octanol–water partition coefficient (Wildman–Crippen LogP) is 4.58. The molecule has 0 unspecified atom stereocenters. The SMILES string of the molecule is CN(Cc1nccn1CC(F)(F)F)C(=O)CCCCc1ccc(Br)cc1. The Morgan fingerprint density at radius 3 is 2.58 bits per heavy atom. The van der Waals surface area contributed by atoms with Crippen LogP contribution in [0.1, 0.15) is 30.7 Å². The van der Waals surface area contributed by atoms with Crippen molar-refractivity contribution in [3.63, 3.8) is 0 Å². The maximum Gasteiger partial charge on any atom is 0.406 e. The van der Waals surface area contributed by atoms with Gasteiger partial charge in [0.25, 0.3) is 0 Å². The molecule has 0 aliphatic carbocycles. The second-order valence-corrected chi connectivity index (χ2v) is 7.09. The van der Waals surface area contributed by atoms with Gasteiger partial charge in [-0.15, -0.1) is 0 Å². The molecule has 4 nitrogen and oxygen atoms in total. The van der Waals surface area contributed by atoms with E-state index in [1.54, 1.807) is 7.05 Å². The van der Waals surface area contributed by atoms with E-state index >= 15 is 0 Å². The van der Waals surface area contributed by atoms with Crippen LogP contribution in [0.5, 0.6) is 0 Å². The second kappa shape index (κ2) is 9.21. The molecule has 142 valence electrons. The number of benzene rings is 1. The number of hydrogen-bond donors (Lipinski definition) is 0. The van der Waals surface area contributed by atoms with E-state index in [-0.39, 0.29) is 18.3 Å². The molecule has 2 rings (SSSR count). The number of aryl methyl sites for hydroxylation is 1. The van der Waals surface area contributed by atoms with Crippen LogP contribution in [-0.4, -0.2) is 33.6 Å². The van der Waals surface area contributed by atoms with E-state index in [1.807, 2.05) is 24.3 Å². The Bertz CT molecular complexity index is 713. The first-order valence-electron chi connectivity index (χ1n) is 8.30. The molecule has 0 N–H and O–H groups in total. The summed E-state index contributed by atoms with van der Waals surface area (Å²) in [7, 11) is 1.59. The van der Waals surface area contributed by atoms with Crippen molar-refractivity contribution < 1.29 is 18.0 Å². The summed E-state index contributed by atoms with van der Waals surface area (Å²) in [4.78, 5) is 17.5. The van der Waals surface area contributed by atoms with Crippen molar-refractivity contribution in [3.8, 4) is 0 Å². The summed E-state index contributed by atoms with van der Waals surface area (Å²) in [5, 5.41) is 0. The van der Waals surface area contributed by atoms with Gasteiger partial charge in [-0.25, -0.2) is 4.98 Å². The van der Waals surface area contributed by atoms with Gasteiger partial charge in [-0.05, 0) is 37.0 Å². The van der Waals surface area contributed by atoms with Gasteiger partial charge in [0, 0.05) is 30.3 Å². The summed E-state index contributed by atoms with van der Waals surface area (Å²) in [6, 6.07) is 8.05. The molecule has 0 saturated heterocycles. The van der Waals surface area contributed by atoms with Crippen LogP contribution in [-0.2, 0) is 24.3 Å². The van der Waals surface area contributed by atoms with E-state index < -0.39 is 12.7 Å². The lowest BCUT2D eigenvalue weighted by Gasteiger charge is -2.18. The number of amides is 1. The molecule has 0 bridgehead atoms. The van der Waals surface area contributed by atoms with Crippen LogP contribution < -0.4 is 0 Å². The maximum absolute atomic E-state index is 12.5. The zero-order valence-corrected chi connectivity index (χ0v) is 16.1. The van der Waals surface area contributed by atoms with E-state index in [4.69, 9.17) is 0 Å². The Morgan fingerprint density at radius 1 is 1.23 bits per heavy atom. The monoisotopic (exact) mass is 431 g/mol. The normalized spacial score (nSPS) is 11.6. The quantitative estimate of drug-likeness (QED) is 0.573. The lowest BCUT2D eigenvalue weighted by Crippen LogP contribution is -2.28. The Hall–Kier alpha value is -1.83. The molecule has 26 heavy (non-hydrogen) atoms. The second-order valence-electron chi connectivity index (χ2n) is 6.17. The van der Waals surface area contributed by atoms with Crippen LogP contribution in [0.15, 0.2) is 41.1 Å². The highest BCUT2D eigenvalue weighted by Crippen LogP contribution is 2.19. The number of hydrogen-bond acceptors (Lipinski definition) is 2. The van der Waals surface area contributed by atoms with Crippen LogP contribution in [0.3, 0.4) is 0 Å². The molecule has 0 radical (unpaired) electrons. The minimum atomic E-state index is -4.31. The number of alkyl halides is 3. The molecule has 0 spiro atoms. The van der Waals surface area contributed by atoms with E-state index in [9.17, 15) is 18.0 Å². The molecule has 1 amide bonds. The van der Waals surface area contributed by atoms with Crippen molar-refractivity contribution in [3.05, 3.63) is 52.5 Å². The molecule has 0 saturated carbocycles. The van der Waals surface area contributed by atoms with Gasteiger partial charge in [0.2, 0.25) is 5.91 Å². The van der Waals surface area contributed by atoms with Gasteiger partial charge in [0.1, 0.15) is 12.4 Å². The molecule has 0 fully saturated rings. The van der Waals surface area contributed by atoms with Crippen molar-refractivity contribution in [2.75, 3.05) is 7.05 Å². The summed E-state index contributed by atoms with van der Waals surface area (Å²) < 4.78 is 39.6. The van der Waals surface area contributed by atoms with E-state index in [2.05, 4.69) is 20.9 Å². The highest BCUT2D eigenvalue weighted by Gasteiger charge is 2.29.